The van der Waals surface area contributed by atoms with E-state index < -0.39 is 5.97 Å². The fourth-order valence-electron chi connectivity index (χ4n) is 4.79. The smallest absolute Gasteiger partial charge is 0.315 e. The molecule has 2 aromatic heterocycles. The van der Waals surface area contributed by atoms with Gasteiger partial charge in [0.25, 0.3) is 0 Å². The number of rotatable bonds is 12. The van der Waals surface area contributed by atoms with Gasteiger partial charge in [0.2, 0.25) is 5.91 Å². The third-order valence-electron chi connectivity index (χ3n) is 6.85. The zero-order valence-electron chi connectivity index (χ0n) is 21.7. The molecule has 0 radical (unpaired) electrons. The molecule has 1 unspecified atom stereocenters. The van der Waals surface area contributed by atoms with Crippen LogP contribution in [-0.2, 0) is 33.6 Å². The minimum atomic E-state index is -0.481. The number of ether oxygens (including phenoxy) is 1. The van der Waals surface area contributed by atoms with E-state index in [0.717, 1.165) is 62.5 Å². The molecule has 8 nitrogen and oxygen atoms in total. The molecular weight excluding hydrogens is 454 g/mol. The van der Waals surface area contributed by atoms with Crippen molar-refractivity contribution >= 4 is 28.5 Å². The summed E-state index contributed by atoms with van der Waals surface area (Å²) >= 11 is 0. The Morgan fingerprint density at radius 1 is 1.31 bits per heavy atom. The molecule has 0 aliphatic heterocycles. The highest BCUT2D eigenvalue weighted by Crippen LogP contribution is 2.33. The van der Waals surface area contributed by atoms with Crippen molar-refractivity contribution in [3.63, 3.8) is 0 Å². The van der Waals surface area contributed by atoms with E-state index in [2.05, 4.69) is 40.8 Å². The molecule has 1 amide bonds. The summed E-state index contributed by atoms with van der Waals surface area (Å²) in [6.45, 7) is 8.60. The molecule has 1 aromatic carbocycles. The molecule has 0 fully saturated rings. The molecule has 3 aromatic rings. The predicted molar refractivity (Wildman–Crippen MR) is 142 cm³/mol. The van der Waals surface area contributed by atoms with Crippen LogP contribution >= 0.6 is 0 Å². The maximum absolute atomic E-state index is 12.3. The highest BCUT2D eigenvalue weighted by Gasteiger charge is 2.23. The van der Waals surface area contributed by atoms with Crippen molar-refractivity contribution in [3.05, 3.63) is 47.4 Å². The Morgan fingerprint density at radius 2 is 2.17 bits per heavy atom. The standard InChI is InChI=1S/C28H39N5O3/c1-4-5-12-36-28(35)15-27(34)31-22-7-9-26-24(14-22)23-13-20(6-8-25(23)32-26)16-29-11-10-21-17-30-33(18-21)19(2)3/h7,9,14,17-20,29,32H,4-6,8,10-13,15-16H2,1-3H3,(H,31,34). The van der Waals surface area contributed by atoms with Gasteiger partial charge in [-0.3, -0.25) is 14.3 Å². The van der Waals surface area contributed by atoms with Gasteiger partial charge in [-0.2, -0.15) is 5.10 Å². The van der Waals surface area contributed by atoms with E-state index in [9.17, 15) is 9.59 Å². The first-order valence-corrected chi connectivity index (χ1v) is 13.3. The van der Waals surface area contributed by atoms with E-state index in [0.29, 0.717) is 24.3 Å². The number of aryl methyl sites for hydroxylation is 1. The van der Waals surface area contributed by atoms with Crippen molar-refractivity contribution in [2.24, 2.45) is 5.92 Å². The monoisotopic (exact) mass is 493 g/mol. The minimum absolute atomic E-state index is 0.265. The Kier molecular flexibility index (Phi) is 8.80. The fourth-order valence-corrected chi connectivity index (χ4v) is 4.79. The number of hydrogen-bond acceptors (Lipinski definition) is 5. The number of anilines is 1. The maximum Gasteiger partial charge on any atom is 0.315 e. The lowest BCUT2D eigenvalue weighted by Crippen LogP contribution is -2.28. The zero-order chi connectivity index (χ0) is 25.5. The van der Waals surface area contributed by atoms with Crippen LogP contribution in [0.2, 0.25) is 0 Å². The lowest BCUT2D eigenvalue weighted by atomic mass is 9.86. The van der Waals surface area contributed by atoms with Crippen LogP contribution < -0.4 is 10.6 Å². The Balaban J connectivity index is 1.30. The van der Waals surface area contributed by atoms with Crippen molar-refractivity contribution in [1.82, 2.24) is 20.1 Å². The first-order valence-electron chi connectivity index (χ1n) is 13.3. The van der Waals surface area contributed by atoms with E-state index in [1.54, 1.807) is 0 Å². The lowest BCUT2D eigenvalue weighted by Gasteiger charge is -2.23. The Hall–Kier alpha value is -3.13. The van der Waals surface area contributed by atoms with Crippen molar-refractivity contribution in [2.45, 2.75) is 71.8 Å². The summed E-state index contributed by atoms with van der Waals surface area (Å²) in [5.74, 6) is -0.252. The van der Waals surface area contributed by atoms with Gasteiger partial charge in [0.15, 0.2) is 0 Å². The molecule has 1 aliphatic carbocycles. The van der Waals surface area contributed by atoms with Gasteiger partial charge in [0, 0.05) is 34.5 Å². The van der Waals surface area contributed by atoms with Gasteiger partial charge < -0.3 is 20.4 Å². The maximum atomic E-state index is 12.3. The molecular formula is C28H39N5O3. The summed E-state index contributed by atoms with van der Waals surface area (Å²) in [6.07, 6.45) is 9.76. The van der Waals surface area contributed by atoms with E-state index in [-0.39, 0.29) is 12.3 Å². The van der Waals surface area contributed by atoms with Crippen LogP contribution in [0.25, 0.3) is 10.9 Å². The van der Waals surface area contributed by atoms with Crippen molar-refractivity contribution in [1.29, 1.82) is 0 Å². The number of hydrogen-bond donors (Lipinski definition) is 3. The van der Waals surface area contributed by atoms with Crippen LogP contribution in [0.15, 0.2) is 30.6 Å². The third-order valence-corrected chi connectivity index (χ3v) is 6.85. The van der Waals surface area contributed by atoms with Crippen LogP contribution in [0.3, 0.4) is 0 Å². The molecule has 3 N–H and O–H groups in total. The van der Waals surface area contributed by atoms with Crippen LogP contribution in [0, 0.1) is 5.92 Å². The van der Waals surface area contributed by atoms with Gasteiger partial charge in [-0.25, -0.2) is 0 Å². The topological polar surface area (TPSA) is 101 Å². The number of aromatic nitrogens is 3. The van der Waals surface area contributed by atoms with Gasteiger partial charge in [-0.15, -0.1) is 0 Å². The number of H-pyrrole nitrogens is 1. The van der Waals surface area contributed by atoms with Gasteiger partial charge >= 0.3 is 5.97 Å². The summed E-state index contributed by atoms with van der Waals surface area (Å²) in [7, 11) is 0. The quantitative estimate of drug-likeness (QED) is 0.195. The Bertz CT molecular complexity index is 1180. The minimum Gasteiger partial charge on any atom is -0.465 e. The average Bonchev–Trinajstić information content (AvgIpc) is 3.46. The Labute approximate surface area is 213 Å². The summed E-state index contributed by atoms with van der Waals surface area (Å²) < 4.78 is 7.10. The van der Waals surface area contributed by atoms with Crippen LogP contribution in [0.1, 0.15) is 69.3 Å². The van der Waals surface area contributed by atoms with E-state index >= 15 is 0 Å². The SMILES string of the molecule is CCCCOC(=O)CC(=O)Nc1ccc2[nH]c3c(c2c1)CC(CNCCc1cnn(C(C)C)c1)CC3. The van der Waals surface area contributed by atoms with Gasteiger partial charge in [-0.05, 0) is 94.3 Å². The van der Waals surface area contributed by atoms with E-state index in [1.807, 2.05) is 36.0 Å². The molecule has 36 heavy (non-hydrogen) atoms. The molecule has 4 rings (SSSR count). The summed E-state index contributed by atoms with van der Waals surface area (Å²) in [5, 5.41) is 12.1. The van der Waals surface area contributed by atoms with Crippen LogP contribution in [0.5, 0.6) is 0 Å². The Morgan fingerprint density at radius 3 is 2.94 bits per heavy atom. The molecule has 0 saturated carbocycles. The number of nitrogens with zero attached hydrogens (tertiary/aromatic N) is 2. The summed E-state index contributed by atoms with van der Waals surface area (Å²) in [6, 6.07) is 6.30. The second-order valence-corrected chi connectivity index (χ2v) is 10.1. The highest BCUT2D eigenvalue weighted by molar-refractivity contribution is 6.03. The molecule has 194 valence electrons. The van der Waals surface area contributed by atoms with E-state index in [4.69, 9.17) is 4.74 Å². The molecule has 0 spiro atoms. The molecule has 0 saturated heterocycles. The van der Waals surface area contributed by atoms with Crippen molar-refractivity contribution in [2.75, 3.05) is 25.0 Å². The number of benzene rings is 1. The summed E-state index contributed by atoms with van der Waals surface area (Å²) in [4.78, 5) is 27.7. The van der Waals surface area contributed by atoms with Crippen LogP contribution in [-0.4, -0.2) is 46.3 Å². The number of nitrogens with one attached hydrogen (secondary N) is 3. The van der Waals surface area contributed by atoms with Gasteiger partial charge in [0.1, 0.15) is 6.42 Å². The van der Waals surface area contributed by atoms with Gasteiger partial charge in [-0.1, -0.05) is 13.3 Å². The van der Waals surface area contributed by atoms with Gasteiger partial charge in [0.05, 0.1) is 12.8 Å². The zero-order valence-corrected chi connectivity index (χ0v) is 21.7. The second-order valence-electron chi connectivity index (χ2n) is 10.1. The van der Waals surface area contributed by atoms with Crippen molar-refractivity contribution in [3.8, 4) is 0 Å². The largest absolute Gasteiger partial charge is 0.465 e. The number of carbonyl (C=O) groups is 2. The molecule has 1 aliphatic rings. The number of aromatic amines is 1. The number of fused-ring (bicyclic) bond motifs is 3. The van der Waals surface area contributed by atoms with E-state index in [1.165, 1.54) is 16.8 Å². The number of esters is 1. The third kappa shape index (κ3) is 6.75. The number of amides is 1. The van der Waals surface area contributed by atoms with Crippen LogP contribution in [0.4, 0.5) is 5.69 Å². The predicted octanol–water partition coefficient (Wildman–Crippen LogP) is 4.55. The highest BCUT2D eigenvalue weighted by atomic mass is 16.5. The number of unbranched alkanes of at least 4 members (excludes halogenated alkanes) is 1. The first kappa shape index (κ1) is 25.9. The molecule has 1 atom stereocenters. The molecule has 2 heterocycles. The first-order chi connectivity index (χ1) is 17.4. The molecule has 8 heteroatoms. The lowest BCUT2D eigenvalue weighted by molar-refractivity contribution is -0.145. The second kappa shape index (κ2) is 12.2. The van der Waals surface area contributed by atoms with Crippen molar-refractivity contribution < 1.29 is 14.3 Å². The fraction of sp³-hybridized carbons (Fsp3) is 0.536. The summed E-state index contributed by atoms with van der Waals surface area (Å²) in [5.41, 5.74) is 5.70. The normalized spacial score (nSPS) is 15.3. The molecule has 0 bridgehead atoms. The number of carbonyl (C=O) groups excluding carboxylic acids is 2. The average molecular weight is 494 g/mol.